The number of pyridine rings is 1. The summed E-state index contributed by atoms with van der Waals surface area (Å²) in [4.78, 5) is 46.6. The van der Waals surface area contributed by atoms with Crippen LogP contribution in [0.1, 0.15) is 30.1 Å². The van der Waals surface area contributed by atoms with Crippen molar-refractivity contribution in [2.45, 2.75) is 26.3 Å². The smallest absolute Gasteiger partial charge is 0.345 e. The molecule has 1 fully saturated rings. The van der Waals surface area contributed by atoms with Crippen molar-refractivity contribution in [3.63, 3.8) is 0 Å². The first-order valence-electron chi connectivity index (χ1n) is 12.4. The van der Waals surface area contributed by atoms with Crippen LogP contribution in [0.3, 0.4) is 0 Å². The highest BCUT2D eigenvalue weighted by Gasteiger charge is 2.31. The molecular weight excluding hydrogens is 500 g/mol. The Bertz CT molecular complexity index is 1230. The first-order valence-corrected chi connectivity index (χ1v) is 13.7. The maximum atomic E-state index is 13.8. The molecule has 1 aromatic heterocycles. The van der Waals surface area contributed by atoms with Gasteiger partial charge in [0.1, 0.15) is 5.56 Å². The van der Waals surface area contributed by atoms with Crippen molar-refractivity contribution in [3.8, 4) is 0 Å². The maximum Gasteiger partial charge on any atom is 0.345 e. The number of amides is 1. The number of hydrogen-bond acceptors (Lipinski definition) is 7. The number of allylic oxidation sites excluding steroid dienone is 1. The Morgan fingerprint density at radius 2 is 1.92 bits per heavy atom. The molecular formula is C26H33ClN4O4S. The van der Waals surface area contributed by atoms with Gasteiger partial charge in [-0.25, -0.2) is 4.79 Å². The molecule has 10 heteroatoms. The Morgan fingerprint density at radius 3 is 2.56 bits per heavy atom. The monoisotopic (exact) mass is 532 g/mol. The Kier molecular flexibility index (Phi) is 8.64. The molecule has 0 atom stereocenters. The summed E-state index contributed by atoms with van der Waals surface area (Å²) in [5, 5.41) is 1.26. The quantitative estimate of drug-likeness (QED) is 0.482. The number of carbonyl (C=O) groups is 2. The molecule has 2 aliphatic rings. The van der Waals surface area contributed by atoms with Crippen LogP contribution in [0.2, 0.25) is 5.02 Å². The van der Waals surface area contributed by atoms with Crippen LogP contribution in [-0.4, -0.2) is 85.4 Å². The number of halogens is 1. The Balaban J connectivity index is 1.75. The van der Waals surface area contributed by atoms with Gasteiger partial charge in [-0.15, -0.1) is 11.8 Å². The highest BCUT2D eigenvalue weighted by atomic mass is 35.5. The van der Waals surface area contributed by atoms with Crippen LogP contribution in [-0.2, 0) is 16.1 Å². The van der Waals surface area contributed by atoms with Crippen LogP contribution in [0.4, 0.5) is 5.69 Å². The van der Waals surface area contributed by atoms with Crippen LogP contribution in [0.15, 0.2) is 34.0 Å². The Labute approximate surface area is 220 Å². The number of esters is 1. The molecule has 0 bridgehead atoms. The summed E-state index contributed by atoms with van der Waals surface area (Å²) in [5.74, 6) is 0.375. The molecule has 0 saturated carbocycles. The number of rotatable bonds is 8. The van der Waals surface area contributed by atoms with E-state index < -0.39 is 5.97 Å². The van der Waals surface area contributed by atoms with Crippen LogP contribution in [0.25, 0.3) is 10.9 Å². The van der Waals surface area contributed by atoms with Crippen molar-refractivity contribution in [2.75, 3.05) is 64.1 Å². The summed E-state index contributed by atoms with van der Waals surface area (Å²) < 4.78 is 7.01. The van der Waals surface area contributed by atoms with Crippen molar-refractivity contribution >= 4 is 51.8 Å². The van der Waals surface area contributed by atoms with E-state index in [0.717, 1.165) is 40.9 Å². The Hall–Kier alpha value is -2.49. The van der Waals surface area contributed by atoms with Gasteiger partial charge in [0.05, 0.1) is 22.7 Å². The highest BCUT2D eigenvalue weighted by Crippen LogP contribution is 2.33. The summed E-state index contributed by atoms with van der Waals surface area (Å²) in [5.41, 5.74) is 0.951. The molecule has 0 radical (unpaired) electrons. The lowest BCUT2D eigenvalue weighted by Crippen LogP contribution is -2.50. The van der Waals surface area contributed by atoms with Gasteiger partial charge in [-0.2, -0.15) is 0 Å². The zero-order chi connectivity index (χ0) is 25.8. The van der Waals surface area contributed by atoms with Gasteiger partial charge in [-0.1, -0.05) is 17.7 Å². The summed E-state index contributed by atoms with van der Waals surface area (Å²) in [6.07, 6.45) is 3.68. The average molecular weight is 533 g/mol. The number of carbonyl (C=O) groups excluding carboxylic acids is 2. The van der Waals surface area contributed by atoms with Crippen molar-refractivity contribution < 1.29 is 14.3 Å². The van der Waals surface area contributed by atoms with Crippen molar-refractivity contribution in [2.24, 2.45) is 0 Å². The average Bonchev–Trinajstić information content (AvgIpc) is 3.39. The van der Waals surface area contributed by atoms with Gasteiger partial charge in [0.15, 0.2) is 0 Å². The molecule has 2 aliphatic heterocycles. The highest BCUT2D eigenvalue weighted by molar-refractivity contribution is 8.04. The number of hydrogen-bond donors (Lipinski definition) is 0. The number of anilines is 1. The molecule has 4 rings (SSSR count). The number of benzene rings is 1. The van der Waals surface area contributed by atoms with Gasteiger partial charge in [0.2, 0.25) is 0 Å². The maximum absolute atomic E-state index is 13.8. The third-order valence-electron chi connectivity index (χ3n) is 6.47. The minimum atomic E-state index is -0.633. The van der Waals surface area contributed by atoms with E-state index in [2.05, 4.69) is 4.90 Å². The summed E-state index contributed by atoms with van der Waals surface area (Å²) in [6, 6.07) is 5.42. The Morgan fingerprint density at radius 1 is 1.17 bits per heavy atom. The normalized spacial score (nSPS) is 16.1. The molecule has 194 valence electrons. The molecule has 0 unspecified atom stereocenters. The number of piperazine rings is 1. The molecule has 3 heterocycles. The zero-order valence-corrected chi connectivity index (χ0v) is 22.7. The van der Waals surface area contributed by atoms with E-state index >= 15 is 0 Å². The fourth-order valence-corrected chi connectivity index (χ4v) is 5.87. The fraction of sp³-hybridized carbons (Fsp3) is 0.500. The number of thioether (sulfide) groups is 1. The first kappa shape index (κ1) is 26.6. The van der Waals surface area contributed by atoms with Gasteiger partial charge >= 0.3 is 5.97 Å². The van der Waals surface area contributed by atoms with Crippen molar-refractivity contribution in [1.29, 1.82) is 0 Å². The summed E-state index contributed by atoms with van der Waals surface area (Å²) in [7, 11) is 3.97. The molecule has 0 aliphatic carbocycles. The van der Waals surface area contributed by atoms with Crippen LogP contribution in [0.5, 0.6) is 0 Å². The van der Waals surface area contributed by atoms with E-state index in [1.165, 1.54) is 0 Å². The zero-order valence-electron chi connectivity index (χ0n) is 21.1. The second-order valence-corrected chi connectivity index (χ2v) is 10.8. The van der Waals surface area contributed by atoms with Gasteiger partial charge in [-0.3, -0.25) is 9.59 Å². The number of fused-ring (bicyclic) bond motifs is 1. The molecule has 0 spiro atoms. The lowest BCUT2D eigenvalue weighted by Gasteiger charge is -2.37. The van der Waals surface area contributed by atoms with Crippen molar-refractivity contribution in [3.05, 3.63) is 50.1 Å². The minimum Gasteiger partial charge on any atom is -0.462 e. The third kappa shape index (κ3) is 5.58. The third-order valence-corrected chi connectivity index (χ3v) is 7.79. The molecule has 8 nitrogen and oxygen atoms in total. The molecule has 36 heavy (non-hydrogen) atoms. The summed E-state index contributed by atoms with van der Waals surface area (Å²) >= 11 is 8.01. The number of aryl methyl sites for hydroxylation is 1. The van der Waals surface area contributed by atoms with Gasteiger partial charge in [-0.05, 0) is 58.6 Å². The fourth-order valence-electron chi connectivity index (χ4n) is 4.75. The first-order chi connectivity index (χ1) is 17.3. The lowest BCUT2D eigenvalue weighted by atomic mass is 10.1. The predicted molar refractivity (Wildman–Crippen MR) is 146 cm³/mol. The standard InChI is InChI=1S/C26H33ClN4O4S/c1-4-35-26(34)22-23(29-12-14-30(15-13-29)24(32)21-7-5-16-36-21)19-17-18(27)8-9-20(19)31(25(22)33)11-6-10-28(2)3/h7-9,17H,4-6,10-16H2,1-3H3. The SMILES string of the molecule is CCOC(=O)c1c(N2CCN(C(=O)C3=CCCS3)CC2)c2cc(Cl)ccc2n(CCCN(C)C)c1=O. The minimum absolute atomic E-state index is 0.0327. The van der Waals surface area contributed by atoms with E-state index in [9.17, 15) is 14.4 Å². The van der Waals surface area contributed by atoms with Crippen molar-refractivity contribution in [1.82, 2.24) is 14.4 Å². The molecule has 1 saturated heterocycles. The van der Waals surface area contributed by atoms with Crippen LogP contribution < -0.4 is 10.5 Å². The van der Waals surface area contributed by atoms with Gasteiger partial charge in [0.25, 0.3) is 11.5 Å². The molecule has 2 aromatic rings. The van der Waals surface area contributed by atoms with Crippen LogP contribution >= 0.6 is 23.4 Å². The second-order valence-electron chi connectivity index (χ2n) is 9.20. The molecule has 0 N–H and O–H groups in total. The molecule has 1 aromatic carbocycles. The second kappa shape index (κ2) is 11.7. The van der Waals surface area contributed by atoms with Crippen LogP contribution in [0, 0.1) is 0 Å². The van der Waals surface area contributed by atoms with E-state index in [4.69, 9.17) is 16.3 Å². The summed E-state index contributed by atoms with van der Waals surface area (Å²) in [6.45, 7) is 5.19. The van der Waals surface area contributed by atoms with E-state index in [1.807, 2.05) is 42.1 Å². The van der Waals surface area contributed by atoms with E-state index in [-0.39, 0.29) is 23.6 Å². The number of ether oxygens (including phenoxy) is 1. The topological polar surface area (TPSA) is 75.1 Å². The van der Waals surface area contributed by atoms with Gasteiger partial charge < -0.3 is 24.0 Å². The number of nitrogens with zero attached hydrogens (tertiary/aromatic N) is 4. The van der Waals surface area contributed by atoms with E-state index in [1.54, 1.807) is 29.3 Å². The lowest BCUT2D eigenvalue weighted by molar-refractivity contribution is -0.126. The molecule has 1 amide bonds. The predicted octanol–water partition coefficient (Wildman–Crippen LogP) is 3.45. The largest absolute Gasteiger partial charge is 0.462 e. The van der Waals surface area contributed by atoms with Gasteiger partial charge in [0, 0.05) is 48.9 Å². The van der Waals surface area contributed by atoms with E-state index in [0.29, 0.717) is 43.4 Å². The number of aromatic nitrogens is 1.